The molecule has 0 spiro atoms. The Kier molecular flexibility index (Phi) is 20.7. The minimum absolute atomic E-state index is 0.0203. The van der Waals surface area contributed by atoms with Gasteiger partial charge in [0.25, 0.3) is 0 Å². The highest BCUT2D eigenvalue weighted by Gasteiger charge is 2.40. The Hall–Kier alpha value is -15.2. The molecule has 16 bridgehead atoms. The van der Waals surface area contributed by atoms with Gasteiger partial charge in [-0.2, -0.15) is 105 Å². The molecule has 18 rings (SSSR count). The van der Waals surface area contributed by atoms with Crippen molar-refractivity contribution in [2.45, 2.75) is 49.4 Å². The predicted octanol–water partition coefficient (Wildman–Crippen LogP) is 23.9. The van der Waals surface area contributed by atoms with Crippen molar-refractivity contribution in [3.8, 4) is 11.8 Å². The molecule has 6 aliphatic rings. The number of nitrogens with zero attached hydrogens (tertiary/aromatic N) is 4. The van der Waals surface area contributed by atoms with Gasteiger partial charge in [-0.05, 0) is 238 Å². The Morgan fingerprint density at radius 1 is 0.185 bits per heavy atom. The van der Waals surface area contributed by atoms with Gasteiger partial charge in [-0.1, -0.05) is 97.1 Å². The van der Waals surface area contributed by atoms with E-state index in [1.54, 1.807) is 0 Å². The monoisotopic (exact) mass is 1790 g/mol. The molecule has 0 aliphatic carbocycles. The van der Waals surface area contributed by atoms with Crippen LogP contribution in [0.3, 0.4) is 0 Å². The summed E-state index contributed by atoms with van der Waals surface area (Å²) >= 11 is 0. The fourth-order valence-corrected chi connectivity index (χ4v) is 16.0. The number of aliphatic imine (C=N–C) groups is 4. The molecule has 8 nitrogen and oxygen atoms in total. The highest BCUT2D eigenvalue weighted by molar-refractivity contribution is 6.33. The topological polar surface area (TPSA) is 113 Å². The molecule has 130 heavy (non-hydrogen) atoms. The predicted molar refractivity (Wildman–Crippen MR) is 440 cm³/mol. The normalized spacial score (nSPS) is 15.7. The Labute approximate surface area is 717 Å². The Bertz CT molecular complexity index is 6990. The minimum Gasteiger partial charge on any atom is -0.354 e. The number of rotatable bonds is 8. The van der Waals surface area contributed by atoms with Crippen LogP contribution >= 0.6 is 0 Å². The largest absolute Gasteiger partial charge is 0.416 e. The van der Waals surface area contributed by atoms with Crippen LogP contribution in [-0.4, -0.2) is 42.8 Å². The molecule has 0 fully saturated rings. The van der Waals surface area contributed by atoms with E-state index < -0.39 is 93.9 Å². The molecule has 8 aromatic carbocycles. The third-order valence-electron chi connectivity index (χ3n) is 22.1. The molecule has 0 saturated heterocycles. The molecule has 0 amide bonds. The summed E-state index contributed by atoms with van der Waals surface area (Å²) in [6.07, 6.45) is -28.0. The zero-order chi connectivity index (χ0) is 91.8. The van der Waals surface area contributed by atoms with E-state index in [1.165, 1.54) is 85.0 Å². The SMILES string of the molecule is FC(F)(F)c1ccc(C2=C3C=CC(=N3)C(c3ccc(C(F)(F)F)cc3)=c3ccc([nH]3)=C(c3ccc(C(F)(F)F)cc3)C3=NC(=C(c4ccc(C(F)(F)F)cc4)c4cc2[nH]c4C#Cc2[nH]c4cc2C(c2ccc(C(F)(F)F)cc2)=C2C=CC(=N2)C(c2ccc(C(F)(F)F)cc2)=c2ccc([nH]2)=C(c2ccc(C(F)(F)F)cc2)C2=NC(=C4c4ccc(C(F)(F)F)cc4)C=C2)C=C3)cc1. The maximum absolute atomic E-state index is 14.9. The molecule has 650 valence electrons. The highest BCUT2D eigenvalue weighted by atomic mass is 19.4. The van der Waals surface area contributed by atoms with Crippen LogP contribution in [0.4, 0.5) is 105 Å². The standard InChI is InChI=1S/C98H50F24N8/c99-91(100,101)57-17-1-49(2-18-57)83-65-47-81(89(55-13-29-63(30-14-55)97(117,118)119)79-45-43-77(129-79)87(53-9-25-61(26-10-53)95(111,112)113)75-41-39-73(127-75)85(71-37-35-69(83)125-71)51-5-21-59(22-6-51)93(105,106)107)123-67(65)33-34-68-66-48-82(124-68)90(56-15-31-64(32-16-56)98(120,121)122)80-46-44-78(130-80)88(54-11-27-62(28-12-54)96(114,115)116)76-42-40-74(128-76)86(52-7-23-60(24-8-52)94(108,109)110)72-38-36-70(126-72)84(66)50-3-19-58(20-4-50)92(102,103)104/h1-32,35-48,123-124,127-128H. The van der Waals surface area contributed by atoms with E-state index in [9.17, 15) is 105 Å². The summed E-state index contributed by atoms with van der Waals surface area (Å²) in [6, 6.07) is 38.6. The summed E-state index contributed by atoms with van der Waals surface area (Å²) < 4.78 is 351. The number of nitrogens with one attached hydrogen (secondary N) is 4. The van der Waals surface area contributed by atoms with Crippen LogP contribution in [0.1, 0.15) is 123 Å². The summed E-state index contributed by atoms with van der Waals surface area (Å²) in [6.45, 7) is 0. The van der Waals surface area contributed by atoms with Gasteiger partial charge in [-0.15, -0.1) is 0 Å². The molecule has 10 heterocycles. The van der Waals surface area contributed by atoms with Crippen molar-refractivity contribution in [1.29, 1.82) is 0 Å². The number of aromatic amines is 4. The number of allylic oxidation sites excluding steroid dienone is 8. The Morgan fingerprint density at radius 2 is 0.354 bits per heavy atom. The molecule has 12 aromatic rings. The molecule has 0 saturated carbocycles. The van der Waals surface area contributed by atoms with Crippen LogP contribution in [0.5, 0.6) is 0 Å². The molecule has 0 radical (unpaired) electrons. The average molecular weight is 1800 g/mol. The first-order chi connectivity index (χ1) is 61.4. The van der Waals surface area contributed by atoms with Crippen LogP contribution in [0.15, 0.2) is 322 Å². The quantitative estimate of drug-likeness (QED) is 0.0858. The van der Waals surface area contributed by atoms with Crippen LogP contribution < -0.4 is 21.4 Å². The van der Waals surface area contributed by atoms with E-state index in [0.717, 1.165) is 194 Å². The van der Waals surface area contributed by atoms with Crippen molar-refractivity contribution in [2.75, 3.05) is 0 Å². The fraction of sp³-hybridized carbons (Fsp3) is 0.0816. The lowest BCUT2D eigenvalue weighted by molar-refractivity contribution is -0.138. The number of benzene rings is 8. The van der Waals surface area contributed by atoms with Gasteiger partial charge in [0.15, 0.2) is 0 Å². The summed E-state index contributed by atoms with van der Waals surface area (Å²) in [5.74, 6) is 6.26. The third kappa shape index (κ3) is 16.6. The minimum atomic E-state index is -4.98. The van der Waals surface area contributed by atoms with Crippen LogP contribution in [-0.2, 0) is 49.4 Å². The van der Waals surface area contributed by atoms with E-state index in [1.807, 2.05) is 0 Å². The van der Waals surface area contributed by atoms with Gasteiger partial charge < -0.3 is 19.9 Å². The first-order valence-electron chi connectivity index (χ1n) is 38.8. The molecular weight excluding hydrogens is 1750 g/mol. The van der Waals surface area contributed by atoms with E-state index in [0.29, 0.717) is 0 Å². The second kappa shape index (κ2) is 31.4. The number of aromatic nitrogens is 4. The van der Waals surface area contributed by atoms with Crippen molar-refractivity contribution in [3.63, 3.8) is 0 Å². The molecule has 0 unspecified atom stereocenters. The smallest absolute Gasteiger partial charge is 0.354 e. The van der Waals surface area contributed by atoms with E-state index in [4.69, 9.17) is 20.0 Å². The third-order valence-corrected chi connectivity index (χ3v) is 22.1. The lowest BCUT2D eigenvalue weighted by Crippen LogP contribution is -2.21. The van der Waals surface area contributed by atoms with Crippen molar-refractivity contribution in [1.82, 2.24) is 19.9 Å². The summed E-state index contributed by atoms with van der Waals surface area (Å²) in [4.78, 5) is 33.3. The molecule has 4 aromatic heterocycles. The Morgan fingerprint density at radius 3 is 0.538 bits per heavy atom. The van der Waals surface area contributed by atoms with Crippen molar-refractivity contribution >= 4 is 67.4 Å². The number of hydrogen-bond acceptors (Lipinski definition) is 4. The van der Waals surface area contributed by atoms with Crippen LogP contribution in [0.25, 0.3) is 44.6 Å². The van der Waals surface area contributed by atoms with Crippen molar-refractivity contribution in [3.05, 3.63) is 446 Å². The second-order valence-corrected chi connectivity index (χ2v) is 30.2. The average Bonchev–Trinajstić information content (AvgIpc) is 1.60. The molecule has 32 heteroatoms. The van der Waals surface area contributed by atoms with Gasteiger partial charge in [0.2, 0.25) is 0 Å². The van der Waals surface area contributed by atoms with E-state index >= 15 is 0 Å². The summed E-state index contributed by atoms with van der Waals surface area (Å²) in [5.41, 5.74) is -10.6. The van der Waals surface area contributed by atoms with Gasteiger partial charge in [0.05, 0.1) is 102 Å². The van der Waals surface area contributed by atoms with Crippen LogP contribution in [0.2, 0.25) is 0 Å². The zero-order valence-corrected chi connectivity index (χ0v) is 65.4. The first-order valence-corrected chi connectivity index (χ1v) is 38.8. The van der Waals surface area contributed by atoms with E-state index in [2.05, 4.69) is 31.8 Å². The summed E-state index contributed by atoms with van der Waals surface area (Å²) in [5, 5.41) is 0.423. The number of H-pyrrole nitrogens is 4. The maximum Gasteiger partial charge on any atom is 0.416 e. The van der Waals surface area contributed by atoms with Gasteiger partial charge in [-0.25, -0.2) is 20.0 Å². The van der Waals surface area contributed by atoms with Crippen molar-refractivity contribution in [2.24, 2.45) is 20.0 Å². The number of alkyl halides is 24. The van der Waals surface area contributed by atoms with Gasteiger partial charge >= 0.3 is 49.4 Å². The van der Waals surface area contributed by atoms with Crippen molar-refractivity contribution < 1.29 is 105 Å². The van der Waals surface area contributed by atoms with Gasteiger partial charge in [-0.3, -0.25) is 0 Å². The van der Waals surface area contributed by atoms with Crippen LogP contribution in [0, 0.1) is 11.8 Å². The van der Waals surface area contributed by atoms with E-state index in [-0.39, 0.29) is 190 Å². The first kappa shape index (κ1) is 85.6. The second-order valence-electron chi connectivity index (χ2n) is 30.2. The summed E-state index contributed by atoms with van der Waals surface area (Å²) in [7, 11) is 0. The molecule has 0 atom stereocenters. The number of hydrogen-bond donors (Lipinski definition) is 4. The van der Waals surface area contributed by atoms with Gasteiger partial charge in [0.1, 0.15) is 0 Å². The lowest BCUT2D eigenvalue weighted by atomic mass is 9.93. The number of halogens is 24. The highest BCUT2D eigenvalue weighted by Crippen LogP contribution is 2.46. The molecule has 6 aliphatic heterocycles. The maximum atomic E-state index is 14.9. The zero-order valence-electron chi connectivity index (χ0n) is 65.4. The Balaban J connectivity index is 0.964. The lowest BCUT2D eigenvalue weighted by Gasteiger charge is -2.13. The fourth-order valence-electron chi connectivity index (χ4n) is 16.0. The molecular formula is C98H50F24N8. The molecule has 4 N–H and O–H groups in total. The van der Waals surface area contributed by atoms with Gasteiger partial charge in [0, 0.05) is 88.5 Å². The number of fused-ring (bicyclic) bond motifs is 12.